The predicted octanol–water partition coefficient (Wildman–Crippen LogP) is 5.80. The van der Waals surface area contributed by atoms with E-state index in [2.05, 4.69) is 17.4 Å². The van der Waals surface area contributed by atoms with E-state index in [0.717, 1.165) is 27.7 Å². The number of halogens is 1. The molecular formula is C21H26ClN3. The van der Waals surface area contributed by atoms with E-state index in [-0.39, 0.29) is 0 Å². The molecule has 0 bridgehead atoms. The van der Waals surface area contributed by atoms with Crippen LogP contribution in [0.5, 0.6) is 0 Å². The van der Waals surface area contributed by atoms with E-state index in [0.29, 0.717) is 5.92 Å². The van der Waals surface area contributed by atoms with E-state index >= 15 is 0 Å². The van der Waals surface area contributed by atoms with Gasteiger partial charge in [-0.25, -0.2) is 0 Å². The van der Waals surface area contributed by atoms with Gasteiger partial charge in [0.25, 0.3) is 0 Å². The fourth-order valence-corrected chi connectivity index (χ4v) is 3.71. The van der Waals surface area contributed by atoms with Gasteiger partial charge in [-0.3, -0.25) is 5.01 Å². The highest BCUT2D eigenvalue weighted by molar-refractivity contribution is 6.31. The molecule has 0 radical (unpaired) electrons. The molecule has 0 heterocycles. The van der Waals surface area contributed by atoms with Crippen LogP contribution in [0.4, 0.5) is 11.4 Å². The lowest BCUT2D eigenvalue weighted by Gasteiger charge is -2.27. The van der Waals surface area contributed by atoms with Crippen molar-refractivity contribution in [3.63, 3.8) is 0 Å². The monoisotopic (exact) mass is 355 g/mol. The van der Waals surface area contributed by atoms with Crippen molar-refractivity contribution in [2.24, 2.45) is 11.0 Å². The zero-order valence-corrected chi connectivity index (χ0v) is 15.8. The molecule has 2 aromatic carbocycles. The molecule has 0 unspecified atom stereocenters. The zero-order valence-electron chi connectivity index (χ0n) is 15.0. The van der Waals surface area contributed by atoms with Gasteiger partial charge in [0.1, 0.15) is 0 Å². The van der Waals surface area contributed by atoms with Crippen LogP contribution < -0.4 is 10.3 Å². The second kappa shape index (κ2) is 8.39. The highest BCUT2D eigenvalue weighted by Crippen LogP contribution is 2.32. The van der Waals surface area contributed by atoms with Gasteiger partial charge in [0.15, 0.2) is 0 Å². The third-order valence-electron chi connectivity index (χ3n) is 4.91. The Kier molecular flexibility index (Phi) is 5.98. The van der Waals surface area contributed by atoms with Crippen molar-refractivity contribution in [1.29, 1.82) is 0 Å². The first-order valence-corrected chi connectivity index (χ1v) is 9.42. The molecule has 1 fully saturated rings. The first kappa shape index (κ1) is 17.8. The molecule has 132 valence electrons. The van der Waals surface area contributed by atoms with Gasteiger partial charge in [0.2, 0.25) is 0 Å². The SMILES string of the molecule is CNc1ccc(Cl)cc1/C(=N\N(C)c1ccccc1)C1CCCCC1. The maximum atomic E-state index is 6.31. The fraction of sp³-hybridized carbons (Fsp3) is 0.381. The van der Waals surface area contributed by atoms with Crippen molar-refractivity contribution in [2.75, 3.05) is 24.4 Å². The van der Waals surface area contributed by atoms with Crippen LogP contribution in [0.1, 0.15) is 37.7 Å². The number of anilines is 2. The Morgan fingerprint density at radius 2 is 1.80 bits per heavy atom. The van der Waals surface area contributed by atoms with Gasteiger partial charge in [0.05, 0.1) is 11.4 Å². The Bertz CT molecular complexity index is 721. The van der Waals surface area contributed by atoms with E-state index in [9.17, 15) is 0 Å². The van der Waals surface area contributed by atoms with E-state index < -0.39 is 0 Å². The molecule has 3 nitrogen and oxygen atoms in total. The standard InChI is InChI=1S/C21H26ClN3/c1-23-20-14-13-17(22)15-19(20)21(16-9-5-3-6-10-16)24-25(2)18-11-7-4-8-12-18/h4,7-8,11-16,23H,3,5-6,9-10H2,1-2H3/b24-21-. The molecule has 1 aliphatic rings. The van der Waals surface area contributed by atoms with E-state index in [1.165, 1.54) is 32.1 Å². The Balaban J connectivity index is 2.03. The summed E-state index contributed by atoms with van der Waals surface area (Å²) in [6.07, 6.45) is 6.25. The summed E-state index contributed by atoms with van der Waals surface area (Å²) in [6, 6.07) is 16.3. The number of benzene rings is 2. The third-order valence-corrected chi connectivity index (χ3v) is 5.14. The fourth-order valence-electron chi connectivity index (χ4n) is 3.54. The molecule has 1 aliphatic carbocycles. The number of hydrogen-bond donors (Lipinski definition) is 1. The number of hydrazone groups is 1. The summed E-state index contributed by atoms with van der Waals surface area (Å²) in [5.41, 5.74) is 4.42. The summed E-state index contributed by atoms with van der Waals surface area (Å²) in [7, 11) is 3.97. The number of nitrogens with one attached hydrogen (secondary N) is 1. The number of rotatable bonds is 5. The van der Waals surface area contributed by atoms with Crippen LogP contribution in [0.3, 0.4) is 0 Å². The highest BCUT2D eigenvalue weighted by atomic mass is 35.5. The van der Waals surface area contributed by atoms with Gasteiger partial charge in [0, 0.05) is 36.3 Å². The average Bonchev–Trinajstić information content (AvgIpc) is 2.67. The summed E-state index contributed by atoms with van der Waals surface area (Å²) in [5.74, 6) is 0.477. The zero-order chi connectivity index (χ0) is 17.6. The molecule has 0 saturated heterocycles. The molecule has 0 amide bonds. The molecule has 0 atom stereocenters. The lowest BCUT2D eigenvalue weighted by molar-refractivity contribution is 0.439. The number of para-hydroxylation sites is 1. The summed E-state index contributed by atoms with van der Waals surface area (Å²) < 4.78 is 0. The van der Waals surface area contributed by atoms with Gasteiger partial charge in [-0.2, -0.15) is 5.10 Å². The van der Waals surface area contributed by atoms with Crippen LogP contribution in [-0.4, -0.2) is 19.8 Å². The average molecular weight is 356 g/mol. The summed E-state index contributed by atoms with van der Waals surface area (Å²) in [4.78, 5) is 0. The third kappa shape index (κ3) is 4.35. The first-order chi connectivity index (χ1) is 12.2. The van der Waals surface area contributed by atoms with Crippen LogP contribution >= 0.6 is 11.6 Å². The number of nitrogens with zero attached hydrogens (tertiary/aromatic N) is 2. The summed E-state index contributed by atoms with van der Waals surface area (Å²) in [6.45, 7) is 0. The van der Waals surface area contributed by atoms with Gasteiger partial charge >= 0.3 is 0 Å². The summed E-state index contributed by atoms with van der Waals surface area (Å²) >= 11 is 6.31. The van der Waals surface area contributed by atoms with Crippen molar-refractivity contribution in [2.45, 2.75) is 32.1 Å². The molecular weight excluding hydrogens is 330 g/mol. The molecule has 1 N–H and O–H groups in total. The molecule has 25 heavy (non-hydrogen) atoms. The van der Waals surface area contributed by atoms with Crippen LogP contribution in [-0.2, 0) is 0 Å². The molecule has 0 aromatic heterocycles. The quantitative estimate of drug-likeness (QED) is 0.542. The molecule has 0 spiro atoms. The normalized spacial score (nSPS) is 15.9. The molecule has 2 aromatic rings. The van der Waals surface area contributed by atoms with Crippen LogP contribution in [0.25, 0.3) is 0 Å². The lowest BCUT2D eigenvalue weighted by atomic mass is 9.83. The van der Waals surface area contributed by atoms with Crippen molar-refractivity contribution < 1.29 is 0 Å². The largest absolute Gasteiger partial charge is 0.388 e. The maximum Gasteiger partial charge on any atom is 0.0733 e. The van der Waals surface area contributed by atoms with Crippen LogP contribution in [0, 0.1) is 5.92 Å². The second-order valence-electron chi connectivity index (χ2n) is 6.62. The lowest BCUT2D eigenvalue weighted by Crippen LogP contribution is -2.24. The number of hydrogen-bond acceptors (Lipinski definition) is 3. The second-order valence-corrected chi connectivity index (χ2v) is 7.06. The van der Waals surface area contributed by atoms with E-state index in [4.69, 9.17) is 16.7 Å². The minimum atomic E-state index is 0.477. The Morgan fingerprint density at radius 3 is 2.48 bits per heavy atom. The smallest absolute Gasteiger partial charge is 0.0733 e. The Hall–Kier alpha value is -2.00. The van der Waals surface area contributed by atoms with E-state index in [1.54, 1.807) is 0 Å². The van der Waals surface area contributed by atoms with Gasteiger partial charge in [-0.05, 0) is 43.2 Å². The van der Waals surface area contributed by atoms with Crippen molar-refractivity contribution in [1.82, 2.24) is 0 Å². The first-order valence-electron chi connectivity index (χ1n) is 9.04. The topological polar surface area (TPSA) is 27.6 Å². The maximum absolute atomic E-state index is 6.31. The van der Waals surface area contributed by atoms with Crippen molar-refractivity contribution in [3.05, 3.63) is 59.1 Å². The minimum absolute atomic E-state index is 0.477. The van der Waals surface area contributed by atoms with Gasteiger partial charge in [-0.1, -0.05) is 49.1 Å². The van der Waals surface area contributed by atoms with Gasteiger partial charge in [-0.15, -0.1) is 0 Å². The molecule has 3 rings (SSSR count). The van der Waals surface area contributed by atoms with E-state index in [1.807, 2.05) is 55.5 Å². The van der Waals surface area contributed by atoms with Crippen LogP contribution in [0.15, 0.2) is 53.6 Å². The molecule has 1 saturated carbocycles. The molecule has 4 heteroatoms. The molecule has 0 aliphatic heterocycles. The Morgan fingerprint density at radius 1 is 1.08 bits per heavy atom. The van der Waals surface area contributed by atoms with Crippen LogP contribution in [0.2, 0.25) is 5.02 Å². The minimum Gasteiger partial charge on any atom is -0.388 e. The highest BCUT2D eigenvalue weighted by Gasteiger charge is 2.23. The summed E-state index contributed by atoms with van der Waals surface area (Å²) in [5, 5.41) is 11.1. The van der Waals surface area contributed by atoms with Gasteiger partial charge < -0.3 is 5.32 Å². The predicted molar refractivity (Wildman–Crippen MR) is 109 cm³/mol. The van der Waals surface area contributed by atoms with Crippen molar-refractivity contribution >= 4 is 28.7 Å². The van der Waals surface area contributed by atoms with Crippen molar-refractivity contribution in [3.8, 4) is 0 Å². The Labute approximate surface area is 155 Å².